The van der Waals surface area contributed by atoms with Crippen LogP contribution in [0.3, 0.4) is 0 Å². The van der Waals surface area contributed by atoms with Gasteiger partial charge >= 0.3 is 12.0 Å². The molecule has 0 radical (unpaired) electrons. The highest BCUT2D eigenvalue weighted by Crippen LogP contribution is 2.17. The van der Waals surface area contributed by atoms with Crippen molar-refractivity contribution in [1.82, 2.24) is 5.32 Å². The summed E-state index contributed by atoms with van der Waals surface area (Å²) in [6.45, 7) is -0.0967. The minimum absolute atomic E-state index is 0.0967. The van der Waals surface area contributed by atoms with Crippen molar-refractivity contribution in [3.05, 3.63) is 24.3 Å². The van der Waals surface area contributed by atoms with Crippen molar-refractivity contribution in [2.24, 2.45) is 0 Å². The first-order chi connectivity index (χ1) is 9.06. The quantitative estimate of drug-likeness (QED) is 0.691. The van der Waals surface area contributed by atoms with Crippen LogP contribution in [-0.2, 0) is 9.53 Å². The van der Waals surface area contributed by atoms with Gasteiger partial charge in [-0.3, -0.25) is 0 Å². The molecule has 7 heteroatoms. The molecule has 2 amide bonds. The van der Waals surface area contributed by atoms with E-state index in [-0.39, 0.29) is 6.54 Å². The van der Waals surface area contributed by atoms with Crippen molar-refractivity contribution in [2.75, 3.05) is 25.2 Å². The summed E-state index contributed by atoms with van der Waals surface area (Å²) in [5.41, 5.74) is 0.639. The van der Waals surface area contributed by atoms with Gasteiger partial charge < -0.3 is 20.5 Å². The number of carboxylic acid groups (broad SMARTS) is 1. The van der Waals surface area contributed by atoms with Crippen LogP contribution in [0, 0.1) is 0 Å². The summed E-state index contributed by atoms with van der Waals surface area (Å²) in [5, 5.41) is 13.8. The van der Waals surface area contributed by atoms with Crippen molar-refractivity contribution < 1.29 is 19.4 Å². The molecule has 1 unspecified atom stereocenters. The first kappa shape index (κ1) is 15.3. The normalized spacial score (nSPS) is 11.7. The van der Waals surface area contributed by atoms with Crippen LogP contribution in [-0.4, -0.2) is 43.1 Å². The topological polar surface area (TPSA) is 87.7 Å². The Labute approximate surface area is 115 Å². The minimum atomic E-state index is -1.12. The number of amides is 2. The predicted molar refractivity (Wildman–Crippen MR) is 73.7 cm³/mol. The maximum Gasteiger partial charge on any atom is 0.334 e. The Morgan fingerprint density at radius 2 is 2.00 bits per heavy atom. The van der Waals surface area contributed by atoms with E-state index in [1.165, 1.54) is 7.11 Å². The summed E-state index contributed by atoms with van der Waals surface area (Å²) in [6, 6.07) is 6.85. The molecule has 0 saturated carbocycles. The zero-order valence-electron chi connectivity index (χ0n) is 10.7. The Morgan fingerprint density at radius 3 is 2.47 bits per heavy atom. The van der Waals surface area contributed by atoms with Gasteiger partial charge in [0.15, 0.2) is 6.10 Å². The van der Waals surface area contributed by atoms with Crippen molar-refractivity contribution in [3.8, 4) is 0 Å². The van der Waals surface area contributed by atoms with Gasteiger partial charge in [-0.25, -0.2) is 9.59 Å². The SMILES string of the molecule is COC(CNC(=O)Nc1ccc(SC)cc1)C(=O)O. The Morgan fingerprint density at radius 1 is 1.37 bits per heavy atom. The Bertz CT molecular complexity index is 436. The third-order valence-electron chi connectivity index (χ3n) is 2.36. The first-order valence-corrected chi connectivity index (χ1v) is 6.73. The van der Waals surface area contributed by atoms with Crippen molar-refractivity contribution in [1.29, 1.82) is 0 Å². The second-order valence-corrected chi connectivity index (χ2v) is 4.51. The lowest BCUT2D eigenvalue weighted by Gasteiger charge is -2.12. The molecule has 1 rings (SSSR count). The molecule has 0 fully saturated rings. The fourth-order valence-electron chi connectivity index (χ4n) is 1.31. The maximum atomic E-state index is 11.5. The number of nitrogens with one attached hydrogen (secondary N) is 2. The number of ether oxygens (including phenoxy) is 1. The minimum Gasteiger partial charge on any atom is -0.479 e. The van der Waals surface area contributed by atoms with E-state index in [2.05, 4.69) is 10.6 Å². The van der Waals surface area contributed by atoms with Crippen LogP contribution in [0.1, 0.15) is 0 Å². The van der Waals surface area contributed by atoms with Gasteiger partial charge in [0.25, 0.3) is 0 Å². The van der Waals surface area contributed by atoms with Crippen LogP contribution >= 0.6 is 11.8 Å². The number of aliphatic carboxylic acids is 1. The molecule has 6 nitrogen and oxygen atoms in total. The zero-order chi connectivity index (χ0) is 14.3. The number of methoxy groups -OCH3 is 1. The van der Waals surface area contributed by atoms with E-state index in [1.54, 1.807) is 23.9 Å². The van der Waals surface area contributed by atoms with E-state index in [4.69, 9.17) is 9.84 Å². The van der Waals surface area contributed by atoms with Gasteiger partial charge in [-0.15, -0.1) is 11.8 Å². The van der Waals surface area contributed by atoms with Crippen molar-refractivity contribution in [3.63, 3.8) is 0 Å². The molecule has 1 aromatic carbocycles. The van der Waals surface area contributed by atoms with Crippen LogP contribution < -0.4 is 10.6 Å². The number of hydrogen-bond acceptors (Lipinski definition) is 4. The molecule has 0 aliphatic rings. The number of benzene rings is 1. The number of anilines is 1. The second kappa shape index (κ2) is 7.65. The molecule has 0 saturated heterocycles. The Balaban J connectivity index is 2.44. The fraction of sp³-hybridized carbons (Fsp3) is 0.333. The standard InChI is InChI=1S/C12H16N2O4S/c1-18-10(11(15)16)7-13-12(17)14-8-3-5-9(19-2)6-4-8/h3-6,10H,7H2,1-2H3,(H,15,16)(H2,13,14,17). The average Bonchev–Trinajstić information content (AvgIpc) is 2.40. The molecule has 3 N–H and O–H groups in total. The Kier molecular flexibility index (Phi) is 6.17. The van der Waals surface area contributed by atoms with Gasteiger partial charge in [0.2, 0.25) is 0 Å². The number of rotatable bonds is 6. The number of carbonyl (C=O) groups is 2. The first-order valence-electron chi connectivity index (χ1n) is 5.51. The zero-order valence-corrected chi connectivity index (χ0v) is 11.5. The second-order valence-electron chi connectivity index (χ2n) is 3.63. The van der Waals surface area contributed by atoms with E-state index >= 15 is 0 Å². The van der Waals surface area contributed by atoms with E-state index in [0.717, 1.165) is 4.90 Å². The molecule has 0 bridgehead atoms. The summed E-state index contributed by atoms with van der Waals surface area (Å²) in [5.74, 6) is -1.12. The lowest BCUT2D eigenvalue weighted by molar-refractivity contribution is -0.147. The van der Waals surface area contributed by atoms with Crippen molar-refractivity contribution in [2.45, 2.75) is 11.0 Å². The average molecular weight is 284 g/mol. The highest BCUT2D eigenvalue weighted by atomic mass is 32.2. The number of urea groups is 1. The summed E-state index contributed by atoms with van der Waals surface area (Å²) in [6.07, 6.45) is 0.913. The summed E-state index contributed by atoms with van der Waals surface area (Å²) in [4.78, 5) is 23.3. The highest BCUT2D eigenvalue weighted by molar-refractivity contribution is 7.98. The maximum absolute atomic E-state index is 11.5. The van der Waals surface area contributed by atoms with Crippen LogP contribution in [0.15, 0.2) is 29.2 Å². The summed E-state index contributed by atoms with van der Waals surface area (Å²) in [7, 11) is 1.28. The number of carboxylic acids is 1. The number of hydrogen-bond donors (Lipinski definition) is 3. The summed E-state index contributed by atoms with van der Waals surface area (Å²) < 4.78 is 4.70. The molecule has 0 aliphatic carbocycles. The molecule has 0 heterocycles. The lowest BCUT2D eigenvalue weighted by Crippen LogP contribution is -2.39. The smallest absolute Gasteiger partial charge is 0.334 e. The molecule has 19 heavy (non-hydrogen) atoms. The molecule has 0 spiro atoms. The number of thioether (sulfide) groups is 1. The van der Waals surface area contributed by atoms with E-state index in [1.807, 2.05) is 18.4 Å². The highest BCUT2D eigenvalue weighted by Gasteiger charge is 2.16. The largest absolute Gasteiger partial charge is 0.479 e. The third-order valence-corrected chi connectivity index (χ3v) is 3.10. The number of carbonyl (C=O) groups excluding carboxylic acids is 1. The monoisotopic (exact) mass is 284 g/mol. The third kappa shape index (κ3) is 5.19. The lowest BCUT2D eigenvalue weighted by atomic mass is 10.3. The van der Waals surface area contributed by atoms with Crippen LogP contribution in [0.4, 0.5) is 10.5 Å². The van der Waals surface area contributed by atoms with E-state index in [0.29, 0.717) is 5.69 Å². The van der Waals surface area contributed by atoms with Gasteiger partial charge in [0.1, 0.15) is 0 Å². The Hall–Kier alpha value is -1.73. The van der Waals surface area contributed by atoms with Gasteiger partial charge in [0, 0.05) is 17.7 Å². The van der Waals surface area contributed by atoms with E-state index in [9.17, 15) is 9.59 Å². The molecular weight excluding hydrogens is 268 g/mol. The fourth-order valence-corrected chi connectivity index (χ4v) is 1.71. The molecular formula is C12H16N2O4S. The molecule has 1 atom stereocenters. The van der Waals surface area contributed by atoms with Gasteiger partial charge in [0.05, 0.1) is 6.54 Å². The van der Waals surface area contributed by atoms with Gasteiger partial charge in [-0.1, -0.05) is 0 Å². The van der Waals surface area contributed by atoms with E-state index < -0.39 is 18.1 Å². The van der Waals surface area contributed by atoms with Crippen LogP contribution in [0.25, 0.3) is 0 Å². The van der Waals surface area contributed by atoms with Crippen LogP contribution in [0.5, 0.6) is 0 Å². The van der Waals surface area contributed by atoms with Gasteiger partial charge in [-0.2, -0.15) is 0 Å². The summed E-state index contributed by atoms with van der Waals surface area (Å²) >= 11 is 1.61. The molecule has 0 aromatic heterocycles. The predicted octanol–water partition coefficient (Wildman–Crippen LogP) is 1.63. The molecule has 1 aromatic rings. The molecule has 104 valence electrons. The molecule has 0 aliphatic heterocycles. The van der Waals surface area contributed by atoms with Gasteiger partial charge in [-0.05, 0) is 30.5 Å². The van der Waals surface area contributed by atoms with Crippen LogP contribution in [0.2, 0.25) is 0 Å². The van der Waals surface area contributed by atoms with Crippen molar-refractivity contribution >= 4 is 29.4 Å².